The number of ether oxygens (including phenoxy) is 2. The van der Waals surface area contributed by atoms with Crippen LogP contribution in [0.5, 0.6) is 0 Å². The summed E-state index contributed by atoms with van der Waals surface area (Å²) in [6.07, 6.45) is 3.95. The van der Waals surface area contributed by atoms with Crippen LogP contribution in [-0.2, 0) is 16.5 Å². The Morgan fingerprint density at radius 3 is 2.85 bits per heavy atom. The molecule has 2 aliphatic heterocycles. The van der Waals surface area contributed by atoms with Gasteiger partial charge in [-0.3, -0.25) is 14.6 Å². The smallest absolute Gasteiger partial charge is 0.194 e. The molecule has 8 nitrogen and oxygen atoms in total. The van der Waals surface area contributed by atoms with Crippen LogP contribution >= 0.6 is 0 Å². The van der Waals surface area contributed by atoms with Crippen LogP contribution in [0.2, 0.25) is 0 Å². The maximum Gasteiger partial charge on any atom is 0.194 e. The van der Waals surface area contributed by atoms with E-state index in [2.05, 4.69) is 34.1 Å². The first-order valence-electron chi connectivity index (χ1n) is 9.62. The lowest BCUT2D eigenvalue weighted by Gasteiger charge is -2.35. The summed E-state index contributed by atoms with van der Waals surface area (Å²) in [5, 5.41) is 7.71. The zero-order valence-corrected chi connectivity index (χ0v) is 16.2. The largest absolute Gasteiger partial charge is 0.379 e. The lowest BCUT2D eigenvalue weighted by molar-refractivity contribution is -0.00818. The van der Waals surface area contributed by atoms with E-state index in [1.54, 1.807) is 0 Å². The molecular formula is C18H32N6O2. The van der Waals surface area contributed by atoms with E-state index in [0.717, 1.165) is 64.0 Å². The van der Waals surface area contributed by atoms with E-state index in [-0.39, 0.29) is 6.10 Å². The first kappa shape index (κ1) is 19.1. The van der Waals surface area contributed by atoms with Crippen LogP contribution < -0.4 is 5.32 Å². The Bertz CT molecular complexity index is 584. The molecule has 2 saturated heterocycles. The van der Waals surface area contributed by atoms with Gasteiger partial charge in [0.15, 0.2) is 5.96 Å². The van der Waals surface area contributed by atoms with Crippen molar-refractivity contribution in [2.75, 3.05) is 59.1 Å². The number of aromatic nitrogens is 2. The number of hydrogen-bond donors (Lipinski definition) is 1. The van der Waals surface area contributed by atoms with Gasteiger partial charge in [0, 0.05) is 51.0 Å². The van der Waals surface area contributed by atoms with Gasteiger partial charge in [0.1, 0.15) is 6.10 Å². The monoisotopic (exact) mass is 364 g/mol. The minimum Gasteiger partial charge on any atom is -0.379 e. The van der Waals surface area contributed by atoms with Gasteiger partial charge in [-0.05, 0) is 13.8 Å². The normalized spacial score (nSPS) is 23.9. The molecule has 26 heavy (non-hydrogen) atoms. The van der Waals surface area contributed by atoms with E-state index < -0.39 is 0 Å². The number of nitrogens with zero attached hydrogens (tertiary/aromatic N) is 5. The minimum absolute atomic E-state index is 0.0398. The number of hydrogen-bond acceptors (Lipinski definition) is 5. The fraction of sp³-hybridized carbons (Fsp3) is 0.778. The minimum atomic E-state index is 0.0398. The molecule has 2 fully saturated rings. The van der Waals surface area contributed by atoms with Gasteiger partial charge in [0.2, 0.25) is 0 Å². The second-order valence-corrected chi connectivity index (χ2v) is 6.94. The fourth-order valence-corrected chi connectivity index (χ4v) is 3.43. The predicted octanol–water partition coefficient (Wildman–Crippen LogP) is 0.480. The average molecular weight is 364 g/mol. The van der Waals surface area contributed by atoms with E-state index in [1.165, 1.54) is 0 Å². The zero-order valence-electron chi connectivity index (χ0n) is 16.2. The topological polar surface area (TPSA) is 67.2 Å². The molecule has 3 rings (SSSR count). The van der Waals surface area contributed by atoms with Gasteiger partial charge in [0.25, 0.3) is 0 Å². The summed E-state index contributed by atoms with van der Waals surface area (Å²) in [6, 6.07) is 0.419. The Kier molecular flexibility index (Phi) is 6.87. The first-order chi connectivity index (χ1) is 12.7. The van der Waals surface area contributed by atoms with E-state index in [0.29, 0.717) is 12.6 Å². The maximum absolute atomic E-state index is 5.96. The summed E-state index contributed by atoms with van der Waals surface area (Å²) in [4.78, 5) is 9.67. The highest BCUT2D eigenvalue weighted by Crippen LogP contribution is 2.21. The Morgan fingerprint density at radius 1 is 1.35 bits per heavy atom. The molecule has 2 aliphatic rings. The Morgan fingerprint density at radius 2 is 2.15 bits per heavy atom. The Hall–Kier alpha value is -1.64. The highest BCUT2D eigenvalue weighted by molar-refractivity contribution is 5.80. The number of nitrogens with one attached hydrogen (secondary N) is 1. The second-order valence-electron chi connectivity index (χ2n) is 6.94. The van der Waals surface area contributed by atoms with Crippen molar-refractivity contribution in [3.63, 3.8) is 0 Å². The molecule has 0 aromatic carbocycles. The Balaban J connectivity index is 1.62. The zero-order chi connectivity index (χ0) is 18.4. The molecule has 1 aromatic heterocycles. The van der Waals surface area contributed by atoms with Gasteiger partial charge in [-0.1, -0.05) is 0 Å². The van der Waals surface area contributed by atoms with Crippen molar-refractivity contribution in [2.24, 2.45) is 12.0 Å². The van der Waals surface area contributed by atoms with Gasteiger partial charge < -0.3 is 19.7 Å². The highest BCUT2D eigenvalue weighted by atomic mass is 16.5. The van der Waals surface area contributed by atoms with Crippen LogP contribution in [0.15, 0.2) is 17.4 Å². The van der Waals surface area contributed by atoms with E-state index >= 15 is 0 Å². The molecule has 0 amide bonds. The molecule has 146 valence electrons. The third-order valence-corrected chi connectivity index (χ3v) is 4.97. The van der Waals surface area contributed by atoms with Gasteiger partial charge in [-0.25, -0.2) is 0 Å². The van der Waals surface area contributed by atoms with Crippen LogP contribution in [0.3, 0.4) is 0 Å². The maximum atomic E-state index is 5.96. The third-order valence-electron chi connectivity index (χ3n) is 4.97. The van der Waals surface area contributed by atoms with Crippen molar-refractivity contribution in [3.05, 3.63) is 18.0 Å². The molecule has 1 N–H and O–H groups in total. The lowest BCUT2D eigenvalue weighted by atomic mass is 10.1. The molecule has 2 atom stereocenters. The van der Waals surface area contributed by atoms with Gasteiger partial charge in [-0.2, -0.15) is 5.10 Å². The van der Waals surface area contributed by atoms with E-state index in [1.807, 2.05) is 24.1 Å². The molecule has 1 aromatic rings. The molecular weight excluding hydrogens is 332 g/mol. The molecule has 3 heterocycles. The van der Waals surface area contributed by atoms with Crippen molar-refractivity contribution in [3.8, 4) is 0 Å². The standard InChI is InChI=1S/C18H32N6O2/c1-4-19-18(20-11-15(2)23-5-8-25-9-6-23)24-7-10-26-17(14-24)16-12-21-22(3)13-16/h12-13,15,17H,4-11,14H2,1-3H3,(H,19,20). The summed E-state index contributed by atoms with van der Waals surface area (Å²) in [6.45, 7) is 12.0. The number of morpholine rings is 2. The quantitative estimate of drug-likeness (QED) is 0.606. The average Bonchev–Trinajstić information content (AvgIpc) is 3.12. The van der Waals surface area contributed by atoms with Crippen LogP contribution in [0, 0.1) is 0 Å². The summed E-state index contributed by atoms with van der Waals surface area (Å²) < 4.78 is 13.2. The molecule has 0 aliphatic carbocycles. The van der Waals surface area contributed by atoms with Gasteiger partial charge >= 0.3 is 0 Å². The molecule has 0 saturated carbocycles. The predicted molar refractivity (Wildman–Crippen MR) is 101 cm³/mol. The van der Waals surface area contributed by atoms with E-state index in [9.17, 15) is 0 Å². The summed E-state index contributed by atoms with van der Waals surface area (Å²) in [5.41, 5.74) is 1.12. The van der Waals surface area contributed by atoms with Crippen LogP contribution in [0.25, 0.3) is 0 Å². The number of rotatable bonds is 5. The fourth-order valence-electron chi connectivity index (χ4n) is 3.43. The molecule has 0 spiro atoms. The summed E-state index contributed by atoms with van der Waals surface area (Å²) in [7, 11) is 1.93. The van der Waals surface area contributed by atoms with Crippen LogP contribution in [-0.4, -0.2) is 90.7 Å². The SMILES string of the molecule is CCNC(=NCC(C)N1CCOCC1)N1CCOC(c2cnn(C)c2)C1. The lowest BCUT2D eigenvalue weighted by Crippen LogP contribution is -2.49. The molecule has 8 heteroatoms. The highest BCUT2D eigenvalue weighted by Gasteiger charge is 2.25. The number of guanidine groups is 1. The van der Waals surface area contributed by atoms with Crippen molar-refractivity contribution in [1.29, 1.82) is 0 Å². The first-order valence-corrected chi connectivity index (χ1v) is 9.62. The number of aliphatic imine (C=N–C) groups is 1. The van der Waals surface area contributed by atoms with Crippen molar-refractivity contribution >= 4 is 5.96 Å². The summed E-state index contributed by atoms with van der Waals surface area (Å²) >= 11 is 0. The third kappa shape index (κ3) is 4.96. The van der Waals surface area contributed by atoms with Crippen LogP contribution in [0.1, 0.15) is 25.5 Å². The molecule has 2 unspecified atom stereocenters. The summed E-state index contributed by atoms with van der Waals surface area (Å²) in [5.74, 6) is 0.977. The van der Waals surface area contributed by atoms with Crippen LogP contribution in [0.4, 0.5) is 0 Å². The van der Waals surface area contributed by atoms with Gasteiger partial charge in [0.05, 0.1) is 39.1 Å². The molecule has 0 bridgehead atoms. The van der Waals surface area contributed by atoms with Gasteiger partial charge in [-0.15, -0.1) is 0 Å². The second kappa shape index (κ2) is 9.34. The molecule has 0 radical (unpaired) electrons. The van der Waals surface area contributed by atoms with Crippen molar-refractivity contribution in [2.45, 2.75) is 26.0 Å². The van der Waals surface area contributed by atoms with Crippen molar-refractivity contribution in [1.82, 2.24) is 24.9 Å². The Labute approximate surface area is 156 Å². The number of aryl methyl sites for hydroxylation is 1. The van der Waals surface area contributed by atoms with E-state index in [4.69, 9.17) is 14.5 Å². The van der Waals surface area contributed by atoms with Crippen molar-refractivity contribution < 1.29 is 9.47 Å².